The van der Waals surface area contributed by atoms with Gasteiger partial charge in [-0.05, 0) is 63.0 Å². The fourth-order valence-corrected chi connectivity index (χ4v) is 4.06. The third kappa shape index (κ3) is 5.61. The van der Waals surface area contributed by atoms with Crippen molar-refractivity contribution in [3.63, 3.8) is 0 Å². The lowest BCUT2D eigenvalue weighted by Crippen LogP contribution is -2.30. The lowest BCUT2D eigenvalue weighted by molar-refractivity contribution is -0.120. The van der Waals surface area contributed by atoms with Gasteiger partial charge < -0.3 is 5.32 Å². The summed E-state index contributed by atoms with van der Waals surface area (Å²) in [4.78, 5) is 16.0. The van der Waals surface area contributed by atoms with Crippen LogP contribution in [0.25, 0.3) is 0 Å². The SMILES string of the molecule is Cc1ccc(S[C@H](C)C(=O)NCc2ccc(CN3CCCC3)cc2)cc1. The largest absolute Gasteiger partial charge is 0.351 e. The van der Waals surface area contributed by atoms with Gasteiger partial charge in [0.05, 0.1) is 5.25 Å². The van der Waals surface area contributed by atoms with Crippen molar-refractivity contribution in [1.29, 1.82) is 0 Å². The van der Waals surface area contributed by atoms with E-state index in [2.05, 4.69) is 65.7 Å². The maximum Gasteiger partial charge on any atom is 0.233 e. The average molecular weight is 369 g/mol. The van der Waals surface area contributed by atoms with Gasteiger partial charge in [0.15, 0.2) is 0 Å². The predicted octanol–water partition coefficient (Wildman–Crippen LogP) is 4.39. The molecular weight excluding hydrogens is 340 g/mol. The Bertz CT molecular complexity index is 706. The Kier molecular flexibility index (Phi) is 6.75. The zero-order valence-corrected chi connectivity index (χ0v) is 16.5. The summed E-state index contributed by atoms with van der Waals surface area (Å²) in [5.74, 6) is 0.0803. The molecule has 4 heteroatoms. The van der Waals surface area contributed by atoms with Gasteiger partial charge in [0.25, 0.3) is 0 Å². The fourth-order valence-electron chi connectivity index (χ4n) is 3.17. The molecule has 3 rings (SSSR count). The van der Waals surface area contributed by atoms with Crippen LogP contribution < -0.4 is 5.32 Å². The van der Waals surface area contributed by atoms with Crippen molar-refractivity contribution in [2.75, 3.05) is 13.1 Å². The molecule has 0 radical (unpaired) electrons. The number of amides is 1. The number of hydrogen-bond donors (Lipinski definition) is 1. The molecular formula is C22H28N2OS. The van der Waals surface area contributed by atoms with Crippen molar-refractivity contribution in [2.24, 2.45) is 0 Å². The number of carbonyl (C=O) groups excluding carboxylic acids is 1. The Hall–Kier alpha value is -1.78. The summed E-state index contributed by atoms with van der Waals surface area (Å²) in [7, 11) is 0. The van der Waals surface area contributed by atoms with Gasteiger partial charge in [-0.15, -0.1) is 11.8 Å². The highest BCUT2D eigenvalue weighted by molar-refractivity contribution is 8.00. The van der Waals surface area contributed by atoms with Crippen LogP contribution in [0.15, 0.2) is 53.4 Å². The zero-order chi connectivity index (χ0) is 18.4. The third-order valence-electron chi connectivity index (χ3n) is 4.80. The first-order valence-corrected chi connectivity index (χ1v) is 10.3. The highest BCUT2D eigenvalue weighted by Crippen LogP contribution is 2.23. The molecule has 0 bridgehead atoms. The van der Waals surface area contributed by atoms with E-state index in [-0.39, 0.29) is 11.2 Å². The molecule has 0 saturated carbocycles. The second-order valence-electron chi connectivity index (χ2n) is 7.09. The molecule has 2 aromatic carbocycles. The van der Waals surface area contributed by atoms with Crippen LogP contribution in [0.2, 0.25) is 0 Å². The first kappa shape index (κ1) is 19.0. The minimum Gasteiger partial charge on any atom is -0.351 e. The minimum atomic E-state index is -0.104. The van der Waals surface area contributed by atoms with Crippen LogP contribution in [0.5, 0.6) is 0 Å². The Morgan fingerprint density at radius 2 is 1.65 bits per heavy atom. The van der Waals surface area contributed by atoms with Crippen LogP contribution in [-0.2, 0) is 17.9 Å². The van der Waals surface area contributed by atoms with Gasteiger partial charge in [-0.3, -0.25) is 9.69 Å². The number of benzene rings is 2. The predicted molar refractivity (Wildman–Crippen MR) is 109 cm³/mol. The van der Waals surface area contributed by atoms with Crippen LogP contribution in [0, 0.1) is 6.92 Å². The van der Waals surface area contributed by atoms with E-state index in [1.807, 2.05) is 6.92 Å². The van der Waals surface area contributed by atoms with Crippen molar-refractivity contribution >= 4 is 17.7 Å². The van der Waals surface area contributed by atoms with E-state index in [1.165, 1.54) is 37.1 Å². The quantitative estimate of drug-likeness (QED) is 0.736. The van der Waals surface area contributed by atoms with Gasteiger partial charge in [-0.1, -0.05) is 42.0 Å². The normalized spacial score (nSPS) is 15.8. The van der Waals surface area contributed by atoms with E-state index < -0.39 is 0 Å². The molecule has 1 aliphatic rings. The molecule has 0 aliphatic carbocycles. The first-order chi connectivity index (χ1) is 12.6. The molecule has 1 aliphatic heterocycles. The van der Waals surface area contributed by atoms with Crippen LogP contribution >= 0.6 is 11.8 Å². The second-order valence-corrected chi connectivity index (χ2v) is 8.50. The third-order valence-corrected chi connectivity index (χ3v) is 5.91. The van der Waals surface area contributed by atoms with Gasteiger partial charge in [-0.2, -0.15) is 0 Å². The van der Waals surface area contributed by atoms with Gasteiger partial charge in [0, 0.05) is 18.0 Å². The second kappa shape index (κ2) is 9.24. The van der Waals surface area contributed by atoms with E-state index in [0.29, 0.717) is 6.54 Å². The standard InChI is InChI=1S/C22H28N2OS/c1-17-5-11-21(12-6-17)26-18(2)22(25)23-15-19-7-9-20(10-8-19)16-24-13-3-4-14-24/h5-12,18H,3-4,13-16H2,1-2H3,(H,23,25)/t18-/m1/s1. The van der Waals surface area contributed by atoms with Crippen LogP contribution in [-0.4, -0.2) is 29.1 Å². The van der Waals surface area contributed by atoms with Crippen LogP contribution in [0.1, 0.15) is 36.5 Å². The van der Waals surface area contributed by atoms with E-state index >= 15 is 0 Å². The number of carbonyl (C=O) groups is 1. The maximum atomic E-state index is 12.3. The number of hydrogen-bond acceptors (Lipinski definition) is 3. The molecule has 1 atom stereocenters. The molecule has 0 unspecified atom stereocenters. The number of likely N-dealkylation sites (tertiary alicyclic amines) is 1. The Balaban J connectivity index is 1.45. The summed E-state index contributed by atoms with van der Waals surface area (Å²) in [6, 6.07) is 16.9. The molecule has 1 N–H and O–H groups in total. The summed E-state index contributed by atoms with van der Waals surface area (Å²) >= 11 is 1.60. The number of nitrogens with one attached hydrogen (secondary N) is 1. The number of rotatable bonds is 7. The molecule has 3 nitrogen and oxygen atoms in total. The van der Waals surface area contributed by atoms with Crippen molar-refractivity contribution in [3.8, 4) is 0 Å². The molecule has 1 saturated heterocycles. The van der Waals surface area contributed by atoms with Crippen LogP contribution in [0.4, 0.5) is 0 Å². The number of aryl methyl sites for hydroxylation is 1. The highest BCUT2D eigenvalue weighted by atomic mass is 32.2. The van der Waals surface area contributed by atoms with E-state index in [0.717, 1.165) is 17.0 Å². The lowest BCUT2D eigenvalue weighted by Gasteiger charge is -2.15. The molecule has 1 heterocycles. The zero-order valence-electron chi connectivity index (χ0n) is 15.7. The summed E-state index contributed by atoms with van der Waals surface area (Å²) in [6.45, 7) is 8.08. The summed E-state index contributed by atoms with van der Waals surface area (Å²) in [5.41, 5.74) is 3.74. The van der Waals surface area contributed by atoms with Gasteiger partial charge in [0.2, 0.25) is 5.91 Å². The molecule has 138 valence electrons. The molecule has 2 aromatic rings. The van der Waals surface area contributed by atoms with Crippen molar-refractivity contribution in [3.05, 3.63) is 65.2 Å². The van der Waals surface area contributed by atoms with Crippen molar-refractivity contribution in [2.45, 2.75) is 49.9 Å². The Morgan fingerprint density at radius 1 is 1.04 bits per heavy atom. The Morgan fingerprint density at radius 3 is 2.31 bits per heavy atom. The first-order valence-electron chi connectivity index (χ1n) is 9.41. The molecule has 26 heavy (non-hydrogen) atoms. The monoisotopic (exact) mass is 368 g/mol. The van der Waals surface area contributed by atoms with Crippen LogP contribution in [0.3, 0.4) is 0 Å². The van der Waals surface area contributed by atoms with Gasteiger partial charge >= 0.3 is 0 Å². The number of thioether (sulfide) groups is 1. The molecule has 0 aromatic heterocycles. The summed E-state index contributed by atoms with van der Waals surface area (Å²) < 4.78 is 0. The van der Waals surface area contributed by atoms with E-state index in [4.69, 9.17) is 0 Å². The van der Waals surface area contributed by atoms with Gasteiger partial charge in [0.1, 0.15) is 0 Å². The highest BCUT2D eigenvalue weighted by Gasteiger charge is 2.14. The molecule has 0 spiro atoms. The maximum absolute atomic E-state index is 12.3. The molecule has 1 amide bonds. The smallest absolute Gasteiger partial charge is 0.233 e. The van der Waals surface area contributed by atoms with E-state index in [1.54, 1.807) is 11.8 Å². The minimum absolute atomic E-state index is 0.0803. The number of nitrogens with zero attached hydrogens (tertiary/aromatic N) is 1. The van der Waals surface area contributed by atoms with E-state index in [9.17, 15) is 4.79 Å². The fraction of sp³-hybridized carbons (Fsp3) is 0.409. The molecule has 1 fully saturated rings. The summed E-state index contributed by atoms with van der Waals surface area (Å²) in [6.07, 6.45) is 2.64. The summed E-state index contributed by atoms with van der Waals surface area (Å²) in [5, 5.41) is 2.95. The van der Waals surface area contributed by atoms with Crippen molar-refractivity contribution in [1.82, 2.24) is 10.2 Å². The topological polar surface area (TPSA) is 32.3 Å². The Labute approximate surface area is 161 Å². The van der Waals surface area contributed by atoms with Gasteiger partial charge in [-0.25, -0.2) is 0 Å². The lowest BCUT2D eigenvalue weighted by atomic mass is 10.1. The van der Waals surface area contributed by atoms with Crippen molar-refractivity contribution < 1.29 is 4.79 Å². The average Bonchev–Trinajstić information content (AvgIpc) is 3.16.